The zero-order valence-corrected chi connectivity index (χ0v) is 16.7. The van der Waals surface area contributed by atoms with Gasteiger partial charge >= 0.3 is 0 Å². The number of benzene rings is 2. The molecular formula is C20H22ClN4O3+. The number of hydrogen-bond acceptors (Lipinski definition) is 5. The first-order chi connectivity index (χ1) is 13.5. The van der Waals surface area contributed by atoms with E-state index in [0.717, 1.165) is 16.2 Å². The normalized spacial score (nSPS) is 13.0. The second-order valence-electron chi connectivity index (χ2n) is 6.47. The smallest absolute Gasteiger partial charge is 0.279 e. The zero-order valence-electron chi connectivity index (χ0n) is 15.9. The van der Waals surface area contributed by atoms with E-state index in [-0.39, 0.29) is 18.5 Å². The Kier molecular flexibility index (Phi) is 6.28. The summed E-state index contributed by atoms with van der Waals surface area (Å²) in [7, 11) is 3.52. The van der Waals surface area contributed by atoms with Crippen LogP contribution >= 0.6 is 11.6 Å². The van der Waals surface area contributed by atoms with Gasteiger partial charge in [0.2, 0.25) is 5.89 Å². The zero-order chi connectivity index (χ0) is 20.1. The molecular weight excluding hydrogens is 380 g/mol. The lowest BCUT2D eigenvalue weighted by molar-refractivity contribution is -0.903. The van der Waals surface area contributed by atoms with Crippen molar-refractivity contribution in [1.82, 2.24) is 10.2 Å². The molecule has 2 N–H and O–H groups in total. The number of likely N-dealkylation sites (N-methyl/N-ethyl adjacent to an activating group) is 1. The molecule has 0 fully saturated rings. The number of ether oxygens (including phenoxy) is 1. The van der Waals surface area contributed by atoms with Crippen molar-refractivity contribution in [3.63, 3.8) is 0 Å². The van der Waals surface area contributed by atoms with Crippen LogP contribution in [0.3, 0.4) is 0 Å². The van der Waals surface area contributed by atoms with Gasteiger partial charge in [-0.1, -0.05) is 11.6 Å². The number of quaternary nitrogens is 1. The molecule has 0 aliphatic rings. The van der Waals surface area contributed by atoms with Gasteiger partial charge in [0.1, 0.15) is 5.75 Å². The van der Waals surface area contributed by atoms with Crippen LogP contribution in [0.2, 0.25) is 5.02 Å². The Hall–Kier alpha value is -2.90. The first-order valence-electron chi connectivity index (χ1n) is 8.82. The Bertz CT molecular complexity index is 925. The van der Waals surface area contributed by atoms with Crippen LogP contribution < -0.4 is 15.0 Å². The fraction of sp³-hybridized carbons (Fsp3) is 0.250. The number of aromatic nitrogens is 2. The molecule has 0 aliphatic carbocycles. The molecule has 1 amide bonds. The predicted molar refractivity (Wildman–Crippen MR) is 107 cm³/mol. The molecule has 28 heavy (non-hydrogen) atoms. The number of rotatable bonds is 7. The van der Waals surface area contributed by atoms with Crippen molar-refractivity contribution in [2.45, 2.75) is 13.0 Å². The van der Waals surface area contributed by atoms with E-state index in [0.29, 0.717) is 22.5 Å². The SMILES string of the molecule is COc1ccc(-c2nnc([C@@H](C)[NH+](C)CC(=O)Nc3ccc(Cl)cc3)o2)cc1. The molecule has 146 valence electrons. The molecule has 0 spiro atoms. The molecule has 1 aromatic heterocycles. The monoisotopic (exact) mass is 401 g/mol. The van der Waals surface area contributed by atoms with Crippen molar-refractivity contribution in [3.8, 4) is 17.2 Å². The standard InChI is InChI=1S/C20H21ClN4O3/c1-13(25(2)12-18(26)22-16-8-6-15(21)7-9-16)19-23-24-20(28-19)14-4-10-17(27-3)11-5-14/h4-11,13H,12H2,1-3H3,(H,22,26)/p+1/t13-/m1/s1. The molecule has 0 saturated heterocycles. The van der Waals surface area contributed by atoms with E-state index < -0.39 is 0 Å². The summed E-state index contributed by atoms with van der Waals surface area (Å²) in [5.41, 5.74) is 1.51. The number of carbonyl (C=O) groups is 1. The minimum absolute atomic E-state index is 0.110. The van der Waals surface area contributed by atoms with Gasteiger partial charge in [-0.3, -0.25) is 4.79 Å². The summed E-state index contributed by atoms with van der Waals surface area (Å²) < 4.78 is 11.0. The fourth-order valence-electron chi connectivity index (χ4n) is 2.62. The van der Waals surface area contributed by atoms with Gasteiger partial charge in [-0.15, -0.1) is 10.2 Å². The van der Waals surface area contributed by atoms with E-state index >= 15 is 0 Å². The second-order valence-corrected chi connectivity index (χ2v) is 6.91. The summed E-state index contributed by atoms with van der Waals surface area (Å²) in [6.45, 7) is 2.19. The lowest BCUT2D eigenvalue weighted by Gasteiger charge is -2.18. The molecule has 1 unspecified atom stereocenters. The third kappa shape index (κ3) is 4.88. The van der Waals surface area contributed by atoms with Gasteiger partial charge < -0.3 is 19.4 Å². The van der Waals surface area contributed by atoms with Gasteiger partial charge in [0, 0.05) is 16.3 Å². The molecule has 3 rings (SSSR count). The summed E-state index contributed by atoms with van der Waals surface area (Å²) in [5, 5.41) is 11.7. The van der Waals surface area contributed by atoms with Crippen LogP contribution in [-0.2, 0) is 4.79 Å². The van der Waals surface area contributed by atoms with Crippen molar-refractivity contribution < 1.29 is 18.8 Å². The summed E-state index contributed by atoms with van der Waals surface area (Å²) in [6, 6.07) is 14.2. The molecule has 1 heterocycles. The average Bonchev–Trinajstić information content (AvgIpc) is 3.19. The van der Waals surface area contributed by atoms with Gasteiger partial charge in [0.15, 0.2) is 12.6 Å². The Morgan fingerprint density at radius 1 is 1.18 bits per heavy atom. The highest BCUT2D eigenvalue weighted by Gasteiger charge is 2.24. The van der Waals surface area contributed by atoms with Gasteiger partial charge in [0.05, 0.1) is 14.2 Å². The third-order valence-electron chi connectivity index (χ3n) is 4.45. The van der Waals surface area contributed by atoms with Crippen LogP contribution in [0.15, 0.2) is 52.9 Å². The molecule has 0 bridgehead atoms. The number of hydrogen-bond donors (Lipinski definition) is 2. The summed E-state index contributed by atoms with van der Waals surface area (Å²) in [5.74, 6) is 1.56. The van der Waals surface area contributed by atoms with E-state index in [1.807, 2.05) is 38.2 Å². The minimum Gasteiger partial charge on any atom is -0.497 e. The first-order valence-corrected chi connectivity index (χ1v) is 9.19. The van der Waals surface area contributed by atoms with Gasteiger partial charge in [-0.05, 0) is 55.5 Å². The second kappa shape index (κ2) is 8.86. The van der Waals surface area contributed by atoms with Crippen molar-refractivity contribution >= 4 is 23.2 Å². The Morgan fingerprint density at radius 2 is 1.86 bits per heavy atom. The average molecular weight is 402 g/mol. The van der Waals surface area contributed by atoms with Crippen LogP contribution in [0.5, 0.6) is 5.75 Å². The van der Waals surface area contributed by atoms with Crippen LogP contribution in [0, 0.1) is 0 Å². The predicted octanol–water partition coefficient (Wildman–Crippen LogP) is 2.61. The van der Waals surface area contributed by atoms with Crippen LogP contribution in [0.1, 0.15) is 18.9 Å². The third-order valence-corrected chi connectivity index (χ3v) is 4.71. The number of carbonyl (C=O) groups excluding carboxylic acids is 1. The van der Waals surface area contributed by atoms with E-state index in [1.54, 1.807) is 31.4 Å². The minimum atomic E-state index is -0.143. The molecule has 2 atom stereocenters. The van der Waals surface area contributed by atoms with E-state index in [4.69, 9.17) is 20.8 Å². The maximum atomic E-state index is 12.3. The van der Waals surface area contributed by atoms with Gasteiger partial charge in [-0.2, -0.15) is 0 Å². The van der Waals surface area contributed by atoms with E-state index in [9.17, 15) is 4.79 Å². The van der Waals surface area contributed by atoms with Crippen LogP contribution in [0.4, 0.5) is 5.69 Å². The molecule has 0 saturated carbocycles. The van der Waals surface area contributed by atoms with Gasteiger partial charge in [-0.25, -0.2) is 0 Å². The summed E-state index contributed by atoms with van der Waals surface area (Å²) >= 11 is 5.86. The fourth-order valence-corrected chi connectivity index (χ4v) is 2.74. The Morgan fingerprint density at radius 3 is 2.50 bits per heavy atom. The van der Waals surface area contributed by atoms with Crippen molar-refractivity contribution in [3.05, 3.63) is 59.4 Å². The first kappa shape index (κ1) is 19.9. The van der Waals surface area contributed by atoms with E-state index in [1.165, 1.54) is 0 Å². The maximum absolute atomic E-state index is 12.3. The lowest BCUT2D eigenvalue weighted by Crippen LogP contribution is -3.10. The highest BCUT2D eigenvalue weighted by Crippen LogP contribution is 2.22. The quantitative estimate of drug-likeness (QED) is 0.636. The van der Waals surface area contributed by atoms with Crippen molar-refractivity contribution in [1.29, 1.82) is 0 Å². The van der Waals surface area contributed by atoms with E-state index in [2.05, 4.69) is 15.5 Å². The molecule has 2 aromatic carbocycles. The van der Waals surface area contributed by atoms with Crippen molar-refractivity contribution in [2.24, 2.45) is 0 Å². The topological polar surface area (TPSA) is 81.7 Å². The lowest BCUT2D eigenvalue weighted by atomic mass is 10.2. The van der Waals surface area contributed by atoms with Crippen LogP contribution in [-0.4, -0.2) is 36.8 Å². The summed E-state index contributed by atoms with van der Waals surface area (Å²) in [6.07, 6.45) is 0. The largest absolute Gasteiger partial charge is 0.497 e. The summed E-state index contributed by atoms with van der Waals surface area (Å²) in [4.78, 5) is 13.2. The number of amides is 1. The highest BCUT2D eigenvalue weighted by molar-refractivity contribution is 6.30. The number of nitrogens with zero attached hydrogens (tertiary/aromatic N) is 2. The maximum Gasteiger partial charge on any atom is 0.279 e. The molecule has 3 aromatic rings. The molecule has 0 radical (unpaired) electrons. The molecule has 8 heteroatoms. The van der Waals surface area contributed by atoms with Crippen molar-refractivity contribution in [2.75, 3.05) is 26.0 Å². The van der Waals surface area contributed by atoms with Gasteiger partial charge in [0.25, 0.3) is 11.8 Å². The Labute approximate surface area is 168 Å². The number of nitrogens with one attached hydrogen (secondary N) is 2. The number of halogens is 1. The number of anilines is 1. The highest BCUT2D eigenvalue weighted by atomic mass is 35.5. The molecule has 0 aliphatic heterocycles. The van der Waals surface area contributed by atoms with Crippen LogP contribution in [0.25, 0.3) is 11.5 Å². The Balaban J connectivity index is 1.61. The molecule has 7 nitrogen and oxygen atoms in total. The number of methoxy groups -OCH3 is 1.